The maximum Gasteiger partial charge on any atom is 0.234 e. The molecule has 168 valence electrons. The van der Waals surface area contributed by atoms with E-state index < -0.39 is 0 Å². The zero-order chi connectivity index (χ0) is 22.1. The van der Waals surface area contributed by atoms with Gasteiger partial charge >= 0.3 is 0 Å². The minimum absolute atomic E-state index is 0.0734. The monoisotopic (exact) mass is 416 g/mol. The van der Waals surface area contributed by atoms with Gasteiger partial charge in [-0.2, -0.15) is 0 Å². The standard InChI is InChI=1S/C24H40N4O2/c1-6-19(2)26-23(30)18-28-15-13-27(14-16-28)17-22(29)25-12-11-20-7-9-21(10-8-20)24(3,4)5/h7-10,19H,6,11-18H2,1-5H3,(H,25,29)(H,26,30). The van der Waals surface area contributed by atoms with Gasteiger partial charge in [0.2, 0.25) is 11.8 Å². The number of nitrogens with one attached hydrogen (secondary N) is 2. The van der Waals surface area contributed by atoms with E-state index in [1.54, 1.807) is 0 Å². The summed E-state index contributed by atoms with van der Waals surface area (Å²) in [4.78, 5) is 28.6. The second-order valence-corrected chi connectivity index (χ2v) is 9.48. The van der Waals surface area contributed by atoms with E-state index in [1.165, 1.54) is 11.1 Å². The lowest BCUT2D eigenvalue weighted by molar-refractivity contribution is -0.125. The zero-order valence-corrected chi connectivity index (χ0v) is 19.5. The van der Waals surface area contributed by atoms with Crippen molar-refractivity contribution < 1.29 is 9.59 Å². The van der Waals surface area contributed by atoms with Crippen LogP contribution in [0.25, 0.3) is 0 Å². The molecular weight excluding hydrogens is 376 g/mol. The molecule has 2 rings (SSSR count). The van der Waals surface area contributed by atoms with Gasteiger partial charge in [0, 0.05) is 38.8 Å². The van der Waals surface area contributed by atoms with Crippen LogP contribution in [0, 0.1) is 0 Å². The maximum absolute atomic E-state index is 12.3. The normalized spacial score (nSPS) is 16.8. The summed E-state index contributed by atoms with van der Waals surface area (Å²) in [5.41, 5.74) is 2.73. The van der Waals surface area contributed by atoms with Crippen LogP contribution >= 0.6 is 0 Å². The van der Waals surface area contributed by atoms with Crippen LogP contribution in [-0.4, -0.2) is 73.5 Å². The molecule has 1 aliphatic heterocycles. The summed E-state index contributed by atoms with van der Waals surface area (Å²) >= 11 is 0. The molecule has 1 aromatic rings. The van der Waals surface area contributed by atoms with Gasteiger partial charge in [-0.25, -0.2) is 0 Å². The minimum Gasteiger partial charge on any atom is -0.355 e. The number of amides is 2. The second-order valence-electron chi connectivity index (χ2n) is 9.48. The number of carbonyl (C=O) groups excluding carboxylic acids is 2. The molecule has 0 saturated carbocycles. The summed E-state index contributed by atoms with van der Waals surface area (Å²) in [6, 6.07) is 8.89. The van der Waals surface area contributed by atoms with Gasteiger partial charge in [0.25, 0.3) is 0 Å². The number of rotatable bonds is 9. The Balaban J connectivity index is 1.62. The highest BCUT2D eigenvalue weighted by Gasteiger charge is 2.21. The summed E-state index contributed by atoms with van der Waals surface area (Å²) in [7, 11) is 0. The molecular formula is C24H40N4O2. The van der Waals surface area contributed by atoms with Crippen molar-refractivity contribution in [2.45, 2.75) is 58.9 Å². The van der Waals surface area contributed by atoms with Crippen LogP contribution in [0.1, 0.15) is 52.2 Å². The lowest BCUT2D eigenvalue weighted by Gasteiger charge is -2.34. The van der Waals surface area contributed by atoms with E-state index in [0.717, 1.165) is 39.0 Å². The van der Waals surface area contributed by atoms with Gasteiger partial charge < -0.3 is 10.6 Å². The molecule has 1 saturated heterocycles. The molecule has 6 heteroatoms. The van der Waals surface area contributed by atoms with E-state index in [-0.39, 0.29) is 23.3 Å². The van der Waals surface area contributed by atoms with Crippen LogP contribution < -0.4 is 10.6 Å². The fourth-order valence-corrected chi connectivity index (χ4v) is 3.51. The number of piperazine rings is 1. The zero-order valence-electron chi connectivity index (χ0n) is 19.5. The first-order valence-corrected chi connectivity index (χ1v) is 11.3. The van der Waals surface area contributed by atoms with E-state index >= 15 is 0 Å². The molecule has 0 aliphatic carbocycles. The Morgan fingerprint density at radius 2 is 1.50 bits per heavy atom. The van der Waals surface area contributed by atoms with Gasteiger partial charge in [-0.15, -0.1) is 0 Å². The van der Waals surface area contributed by atoms with E-state index in [2.05, 4.69) is 72.4 Å². The first-order chi connectivity index (χ1) is 14.2. The molecule has 6 nitrogen and oxygen atoms in total. The van der Waals surface area contributed by atoms with E-state index in [4.69, 9.17) is 0 Å². The predicted octanol–water partition coefficient (Wildman–Crippen LogP) is 2.18. The van der Waals surface area contributed by atoms with Gasteiger partial charge in [-0.1, -0.05) is 52.0 Å². The van der Waals surface area contributed by atoms with Crippen LogP contribution in [0.5, 0.6) is 0 Å². The first-order valence-electron chi connectivity index (χ1n) is 11.3. The van der Waals surface area contributed by atoms with E-state index in [0.29, 0.717) is 19.6 Å². The Hall–Kier alpha value is -1.92. The van der Waals surface area contributed by atoms with Crippen molar-refractivity contribution in [2.24, 2.45) is 0 Å². The number of hydrogen-bond donors (Lipinski definition) is 2. The third-order valence-electron chi connectivity index (χ3n) is 5.77. The Kier molecular flexibility index (Phi) is 9.31. The quantitative estimate of drug-likeness (QED) is 0.648. The third kappa shape index (κ3) is 8.44. The summed E-state index contributed by atoms with van der Waals surface area (Å²) < 4.78 is 0. The number of nitrogens with zero attached hydrogens (tertiary/aromatic N) is 2. The first kappa shape index (κ1) is 24.4. The molecule has 0 aromatic heterocycles. The van der Waals surface area contributed by atoms with Crippen molar-refractivity contribution in [3.8, 4) is 0 Å². The minimum atomic E-state index is 0.0734. The van der Waals surface area contributed by atoms with Crippen LogP contribution in [0.2, 0.25) is 0 Å². The molecule has 1 aliphatic rings. The molecule has 30 heavy (non-hydrogen) atoms. The van der Waals surface area contributed by atoms with Crippen molar-refractivity contribution in [1.29, 1.82) is 0 Å². The largest absolute Gasteiger partial charge is 0.355 e. The molecule has 0 bridgehead atoms. The fourth-order valence-electron chi connectivity index (χ4n) is 3.51. The number of benzene rings is 1. The summed E-state index contributed by atoms with van der Waals surface area (Å²) in [6.07, 6.45) is 1.78. The third-order valence-corrected chi connectivity index (χ3v) is 5.77. The van der Waals surface area contributed by atoms with Crippen LogP contribution in [-0.2, 0) is 21.4 Å². The van der Waals surface area contributed by atoms with Gasteiger partial charge in [0.15, 0.2) is 0 Å². The van der Waals surface area contributed by atoms with E-state index in [9.17, 15) is 9.59 Å². The molecule has 1 heterocycles. The second kappa shape index (κ2) is 11.5. The Morgan fingerprint density at radius 1 is 0.967 bits per heavy atom. The molecule has 1 aromatic carbocycles. The lowest BCUT2D eigenvalue weighted by atomic mass is 9.86. The van der Waals surface area contributed by atoms with Crippen molar-refractivity contribution in [3.05, 3.63) is 35.4 Å². The topological polar surface area (TPSA) is 64.7 Å². The Bertz CT molecular complexity index is 673. The number of hydrogen-bond acceptors (Lipinski definition) is 4. The van der Waals surface area contributed by atoms with Crippen LogP contribution in [0.15, 0.2) is 24.3 Å². The SMILES string of the molecule is CCC(C)NC(=O)CN1CCN(CC(=O)NCCc2ccc(C(C)(C)C)cc2)CC1. The highest BCUT2D eigenvalue weighted by atomic mass is 16.2. The van der Waals surface area contributed by atoms with Gasteiger partial charge in [-0.05, 0) is 36.3 Å². The molecule has 0 radical (unpaired) electrons. The van der Waals surface area contributed by atoms with Gasteiger partial charge in [0.1, 0.15) is 0 Å². The number of carbonyl (C=O) groups is 2. The van der Waals surface area contributed by atoms with Crippen molar-refractivity contribution in [1.82, 2.24) is 20.4 Å². The summed E-state index contributed by atoms with van der Waals surface area (Å²) in [5.74, 6) is 0.162. The van der Waals surface area contributed by atoms with Crippen molar-refractivity contribution in [2.75, 3.05) is 45.8 Å². The highest BCUT2D eigenvalue weighted by molar-refractivity contribution is 5.78. The maximum atomic E-state index is 12.3. The summed E-state index contributed by atoms with van der Waals surface area (Å²) in [5, 5.41) is 6.05. The van der Waals surface area contributed by atoms with E-state index in [1.807, 2.05) is 6.92 Å². The Labute approximate surface area is 182 Å². The molecule has 1 atom stereocenters. The van der Waals surface area contributed by atoms with Crippen LogP contribution in [0.3, 0.4) is 0 Å². The summed E-state index contributed by atoms with van der Waals surface area (Å²) in [6.45, 7) is 15.5. The molecule has 1 unspecified atom stereocenters. The fraction of sp³-hybridized carbons (Fsp3) is 0.667. The van der Waals surface area contributed by atoms with Crippen molar-refractivity contribution in [3.63, 3.8) is 0 Å². The molecule has 1 fully saturated rings. The molecule has 0 spiro atoms. The average Bonchev–Trinajstić information content (AvgIpc) is 2.69. The molecule has 2 N–H and O–H groups in total. The Morgan fingerprint density at radius 3 is 2.00 bits per heavy atom. The van der Waals surface area contributed by atoms with Crippen molar-refractivity contribution >= 4 is 11.8 Å². The van der Waals surface area contributed by atoms with Crippen LogP contribution in [0.4, 0.5) is 0 Å². The van der Waals surface area contributed by atoms with Gasteiger partial charge in [0.05, 0.1) is 13.1 Å². The predicted molar refractivity (Wildman–Crippen MR) is 123 cm³/mol. The molecule has 2 amide bonds. The average molecular weight is 417 g/mol. The smallest absolute Gasteiger partial charge is 0.234 e. The highest BCUT2D eigenvalue weighted by Crippen LogP contribution is 2.22. The lowest BCUT2D eigenvalue weighted by Crippen LogP contribution is -2.52. The van der Waals surface area contributed by atoms with Gasteiger partial charge in [-0.3, -0.25) is 19.4 Å².